The number of thiophene rings is 1. The summed E-state index contributed by atoms with van der Waals surface area (Å²) in [6.07, 6.45) is 0. The average Bonchev–Trinajstić information content (AvgIpc) is 2.82. The molecule has 0 aliphatic heterocycles. The van der Waals surface area contributed by atoms with E-state index in [0.29, 0.717) is 26.0 Å². The number of hydrogen-bond acceptors (Lipinski definition) is 5. The third-order valence-corrected chi connectivity index (χ3v) is 4.37. The molecule has 1 aromatic heterocycles. The van der Waals surface area contributed by atoms with Gasteiger partial charge in [-0.1, -0.05) is 17.7 Å². The van der Waals surface area contributed by atoms with Crippen LogP contribution in [0.3, 0.4) is 0 Å². The van der Waals surface area contributed by atoms with Gasteiger partial charge in [0.2, 0.25) is 0 Å². The third kappa shape index (κ3) is 3.11. The molecule has 0 saturated carbocycles. The Balaban J connectivity index is 2.36. The summed E-state index contributed by atoms with van der Waals surface area (Å²) >= 11 is 6.86. The maximum atomic E-state index is 12.2. The van der Waals surface area contributed by atoms with Gasteiger partial charge in [0.1, 0.15) is 15.9 Å². The number of carbonyl (C=O) groups excluding carboxylic acids is 2. The molecule has 5 nitrogen and oxygen atoms in total. The Hall–Kier alpha value is -2.36. The number of amides is 1. The second-order valence-corrected chi connectivity index (χ2v) is 5.79. The van der Waals surface area contributed by atoms with E-state index in [1.165, 1.54) is 13.2 Å². The number of nitrogens with zero attached hydrogens (tertiary/aromatic N) is 1. The molecule has 112 valence electrons. The van der Waals surface area contributed by atoms with E-state index in [4.69, 9.17) is 11.6 Å². The van der Waals surface area contributed by atoms with Gasteiger partial charge in [-0.25, -0.2) is 4.79 Å². The first-order chi connectivity index (χ1) is 10.5. The number of carbonyl (C=O) groups is 2. The smallest absolute Gasteiger partial charge is 0.348 e. The van der Waals surface area contributed by atoms with Gasteiger partial charge in [0.25, 0.3) is 5.91 Å². The van der Waals surface area contributed by atoms with Crippen molar-refractivity contribution < 1.29 is 14.3 Å². The van der Waals surface area contributed by atoms with Crippen molar-refractivity contribution >= 4 is 39.8 Å². The number of hydrogen-bond donors (Lipinski definition) is 1. The molecule has 0 bridgehead atoms. The number of halogens is 1. The predicted octanol–water partition coefficient (Wildman–Crippen LogP) is 3.62. The maximum absolute atomic E-state index is 12.2. The van der Waals surface area contributed by atoms with Crippen LogP contribution in [0.2, 0.25) is 5.02 Å². The summed E-state index contributed by atoms with van der Waals surface area (Å²) in [5.74, 6) is -0.945. The number of nitrogens with one attached hydrogen (secondary N) is 1. The zero-order chi connectivity index (χ0) is 16.3. The van der Waals surface area contributed by atoms with E-state index in [9.17, 15) is 14.9 Å². The number of rotatable bonds is 3. The molecule has 7 heteroatoms. The van der Waals surface area contributed by atoms with Crippen LogP contribution >= 0.6 is 22.9 Å². The molecule has 0 aliphatic carbocycles. The highest BCUT2D eigenvalue weighted by atomic mass is 35.5. The minimum absolute atomic E-state index is 0.251. The summed E-state index contributed by atoms with van der Waals surface area (Å²) in [5.41, 5.74) is 1.10. The standard InChI is InChI=1S/C15H11ClN2O3S/c1-8-11(7-17)14(22-12(8)15(20)21-2)18-13(19)9-4-3-5-10(16)6-9/h3-6H,1-2H3,(H,18,19). The van der Waals surface area contributed by atoms with Crippen molar-refractivity contribution in [3.63, 3.8) is 0 Å². The molecule has 22 heavy (non-hydrogen) atoms. The molecule has 0 fully saturated rings. The van der Waals surface area contributed by atoms with Gasteiger partial charge in [0.15, 0.2) is 0 Å². The summed E-state index contributed by atoms with van der Waals surface area (Å²) in [7, 11) is 1.26. The molecule has 0 spiro atoms. The minimum atomic E-state index is -0.540. The van der Waals surface area contributed by atoms with Gasteiger partial charge in [0.05, 0.1) is 12.7 Å². The quantitative estimate of drug-likeness (QED) is 0.869. The van der Waals surface area contributed by atoms with Crippen molar-refractivity contribution in [1.29, 1.82) is 5.26 Å². The zero-order valence-electron chi connectivity index (χ0n) is 11.8. The fraction of sp³-hybridized carbons (Fsp3) is 0.133. The van der Waals surface area contributed by atoms with Crippen LogP contribution in [0, 0.1) is 18.3 Å². The first kappa shape index (κ1) is 16.0. The average molecular weight is 335 g/mol. The van der Waals surface area contributed by atoms with Gasteiger partial charge in [0, 0.05) is 10.6 Å². The van der Waals surface area contributed by atoms with Gasteiger partial charge in [-0.15, -0.1) is 11.3 Å². The minimum Gasteiger partial charge on any atom is -0.465 e. The van der Waals surface area contributed by atoms with E-state index < -0.39 is 11.9 Å². The fourth-order valence-corrected chi connectivity index (χ4v) is 3.09. The van der Waals surface area contributed by atoms with Gasteiger partial charge < -0.3 is 10.1 Å². The summed E-state index contributed by atoms with van der Waals surface area (Å²) in [6, 6.07) is 8.43. The van der Waals surface area contributed by atoms with Crippen LogP contribution in [0.5, 0.6) is 0 Å². The Morgan fingerprint density at radius 2 is 2.14 bits per heavy atom. The van der Waals surface area contributed by atoms with E-state index in [1.54, 1.807) is 25.1 Å². The van der Waals surface area contributed by atoms with Crippen molar-refractivity contribution in [2.45, 2.75) is 6.92 Å². The van der Waals surface area contributed by atoms with Crippen LogP contribution < -0.4 is 5.32 Å². The number of anilines is 1. The van der Waals surface area contributed by atoms with Crippen molar-refractivity contribution in [3.05, 3.63) is 50.9 Å². The fourth-order valence-electron chi connectivity index (χ4n) is 1.83. The van der Waals surface area contributed by atoms with Gasteiger partial charge in [-0.05, 0) is 30.7 Å². The lowest BCUT2D eigenvalue weighted by atomic mass is 10.1. The van der Waals surface area contributed by atoms with E-state index in [1.807, 2.05) is 6.07 Å². The summed E-state index contributed by atoms with van der Waals surface area (Å²) in [4.78, 5) is 24.2. The molecule has 2 aromatic rings. The lowest BCUT2D eigenvalue weighted by Gasteiger charge is -2.03. The Bertz CT molecular complexity index is 793. The van der Waals surface area contributed by atoms with Crippen LogP contribution in [-0.4, -0.2) is 19.0 Å². The molecule has 1 amide bonds. The Morgan fingerprint density at radius 3 is 2.73 bits per heavy atom. The third-order valence-electron chi connectivity index (χ3n) is 2.94. The molecule has 0 unspecified atom stereocenters. The second kappa shape index (κ2) is 6.60. The van der Waals surface area contributed by atoms with E-state index in [2.05, 4.69) is 10.1 Å². The second-order valence-electron chi connectivity index (χ2n) is 4.33. The Labute approximate surface area is 136 Å². The molecule has 0 aliphatic rings. The first-order valence-corrected chi connectivity index (χ1v) is 7.36. The molecule has 0 radical (unpaired) electrons. The molecule has 1 N–H and O–H groups in total. The summed E-state index contributed by atoms with van der Waals surface area (Å²) < 4.78 is 4.67. The van der Waals surface area contributed by atoms with Crippen molar-refractivity contribution in [1.82, 2.24) is 0 Å². The van der Waals surface area contributed by atoms with Gasteiger partial charge >= 0.3 is 5.97 Å². The maximum Gasteiger partial charge on any atom is 0.348 e. The highest BCUT2D eigenvalue weighted by molar-refractivity contribution is 7.18. The SMILES string of the molecule is COC(=O)c1sc(NC(=O)c2cccc(Cl)c2)c(C#N)c1C. The molecular weight excluding hydrogens is 324 g/mol. The van der Waals surface area contributed by atoms with E-state index in [0.717, 1.165) is 11.3 Å². The number of esters is 1. The van der Waals surface area contributed by atoms with Crippen LogP contribution in [-0.2, 0) is 4.74 Å². The summed E-state index contributed by atoms with van der Waals surface area (Å²) in [5, 5.41) is 12.6. The highest BCUT2D eigenvalue weighted by Crippen LogP contribution is 2.33. The van der Waals surface area contributed by atoms with Crippen molar-refractivity contribution in [3.8, 4) is 6.07 Å². The van der Waals surface area contributed by atoms with Gasteiger partial charge in [-0.2, -0.15) is 5.26 Å². The summed E-state index contributed by atoms with van der Waals surface area (Å²) in [6.45, 7) is 1.64. The van der Waals surface area contributed by atoms with Crippen LogP contribution in [0.1, 0.15) is 31.2 Å². The Morgan fingerprint density at radius 1 is 1.41 bits per heavy atom. The molecule has 0 atom stereocenters. The van der Waals surface area contributed by atoms with E-state index in [-0.39, 0.29) is 5.56 Å². The normalized spacial score (nSPS) is 9.91. The highest BCUT2D eigenvalue weighted by Gasteiger charge is 2.22. The van der Waals surface area contributed by atoms with Crippen molar-refractivity contribution in [2.24, 2.45) is 0 Å². The van der Waals surface area contributed by atoms with E-state index >= 15 is 0 Å². The molecule has 0 saturated heterocycles. The lowest BCUT2D eigenvalue weighted by molar-refractivity contribution is 0.0605. The molecular formula is C15H11ClN2O3S. The lowest BCUT2D eigenvalue weighted by Crippen LogP contribution is -2.11. The largest absolute Gasteiger partial charge is 0.465 e. The number of methoxy groups -OCH3 is 1. The van der Waals surface area contributed by atoms with Crippen molar-refractivity contribution in [2.75, 3.05) is 12.4 Å². The monoisotopic (exact) mass is 334 g/mol. The molecule has 1 heterocycles. The Kier molecular flexibility index (Phi) is 4.81. The number of ether oxygens (including phenoxy) is 1. The molecule has 2 rings (SSSR count). The topological polar surface area (TPSA) is 79.2 Å². The van der Waals surface area contributed by atoms with Crippen LogP contribution in [0.4, 0.5) is 5.00 Å². The van der Waals surface area contributed by atoms with Crippen LogP contribution in [0.25, 0.3) is 0 Å². The van der Waals surface area contributed by atoms with Crippen LogP contribution in [0.15, 0.2) is 24.3 Å². The zero-order valence-corrected chi connectivity index (χ0v) is 13.3. The first-order valence-electron chi connectivity index (χ1n) is 6.16. The molecule has 1 aromatic carbocycles. The number of benzene rings is 1. The predicted molar refractivity (Wildman–Crippen MR) is 84.5 cm³/mol. The van der Waals surface area contributed by atoms with Gasteiger partial charge in [-0.3, -0.25) is 4.79 Å². The number of nitriles is 1.